The number of nitrogen functional groups attached to an aromatic ring is 1. The minimum absolute atomic E-state index is 0.0928. The number of piperidine rings is 1. The minimum atomic E-state index is -0.0928. The van der Waals surface area contributed by atoms with Crippen LogP contribution in [0.4, 0.5) is 5.69 Å². The number of anilines is 1. The quantitative estimate of drug-likeness (QED) is 0.614. The van der Waals surface area contributed by atoms with Gasteiger partial charge in [0.25, 0.3) is 0 Å². The Morgan fingerprint density at radius 1 is 1.33 bits per heavy atom. The molecule has 1 heterocycles. The fourth-order valence-electron chi connectivity index (χ4n) is 2.23. The van der Waals surface area contributed by atoms with Crippen LogP contribution in [0.1, 0.15) is 19.3 Å². The van der Waals surface area contributed by atoms with Gasteiger partial charge in [0, 0.05) is 31.4 Å². The normalized spacial score (nSPS) is 17.8. The van der Waals surface area contributed by atoms with Crippen molar-refractivity contribution in [2.24, 2.45) is 0 Å². The molecule has 1 aromatic carbocycles. The van der Waals surface area contributed by atoms with E-state index in [1.54, 1.807) is 0 Å². The molecule has 0 unspecified atom stereocenters. The van der Waals surface area contributed by atoms with Gasteiger partial charge in [0.2, 0.25) is 0 Å². The average molecular weight is 250 g/mol. The van der Waals surface area contributed by atoms with Crippen molar-refractivity contribution in [1.29, 1.82) is 0 Å². The van der Waals surface area contributed by atoms with Gasteiger partial charge in [-0.05, 0) is 31.4 Å². The Kier molecular flexibility index (Phi) is 4.84. The number of nitrogens with two attached hydrogens (primary N) is 1. The SMILES string of the molecule is Nc1cccc(OCCCN2CCC(O)CC2)c1. The summed E-state index contributed by atoms with van der Waals surface area (Å²) in [5.41, 5.74) is 6.41. The molecule has 0 atom stereocenters. The molecule has 0 spiro atoms. The summed E-state index contributed by atoms with van der Waals surface area (Å²) in [6, 6.07) is 7.52. The van der Waals surface area contributed by atoms with Gasteiger partial charge < -0.3 is 20.5 Å². The van der Waals surface area contributed by atoms with Crippen LogP contribution in [-0.4, -0.2) is 42.4 Å². The Hall–Kier alpha value is -1.26. The summed E-state index contributed by atoms with van der Waals surface area (Å²) in [4.78, 5) is 2.38. The zero-order chi connectivity index (χ0) is 12.8. The lowest BCUT2D eigenvalue weighted by Gasteiger charge is -2.29. The summed E-state index contributed by atoms with van der Waals surface area (Å²) in [7, 11) is 0. The second-order valence-corrected chi connectivity index (χ2v) is 4.85. The minimum Gasteiger partial charge on any atom is -0.493 e. The number of aliphatic hydroxyl groups is 1. The van der Waals surface area contributed by atoms with Crippen LogP contribution in [0.2, 0.25) is 0 Å². The number of ether oxygens (including phenoxy) is 1. The number of likely N-dealkylation sites (tertiary alicyclic amines) is 1. The Labute approximate surface area is 108 Å². The molecule has 0 amide bonds. The van der Waals surface area contributed by atoms with E-state index in [4.69, 9.17) is 10.5 Å². The first-order chi connectivity index (χ1) is 8.74. The fourth-order valence-corrected chi connectivity index (χ4v) is 2.23. The molecule has 2 rings (SSSR count). The maximum absolute atomic E-state index is 9.41. The molecule has 18 heavy (non-hydrogen) atoms. The van der Waals surface area contributed by atoms with Crippen molar-refractivity contribution in [3.63, 3.8) is 0 Å². The van der Waals surface area contributed by atoms with E-state index in [9.17, 15) is 5.11 Å². The second-order valence-electron chi connectivity index (χ2n) is 4.85. The van der Waals surface area contributed by atoms with Gasteiger partial charge in [0.15, 0.2) is 0 Å². The molecule has 1 fully saturated rings. The topological polar surface area (TPSA) is 58.7 Å². The Bertz CT molecular complexity index is 363. The van der Waals surface area contributed by atoms with Crippen LogP contribution in [0.25, 0.3) is 0 Å². The maximum atomic E-state index is 9.41. The highest BCUT2D eigenvalue weighted by atomic mass is 16.5. The van der Waals surface area contributed by atoms with Gasteiger partial charge in [-0.1, -0.05) is 6.07 Å². The fraction of sp³-hybridized carbons (Fsp3) is 0.571. The second kappa shape index (κ2) is 6.61. The maximum Gasteiger partial charge on any atom is 0.121 e. The van der Waals surface area contributed by atoms with Crippen molar-refractivity contribution in [3.05, 3.63) is 24.3 Å². The van der Waals surface area contributed by atoms with E-state index in [1.165, 1.54) is 0 Å². The van der Waals surface area contributed by atoms with Crippen LogP contribution in [0.5, 0.6) is 5.75 Å². The van der Waals surface area contributed by atoms with Crippen LogP contribution in [0, 0.1) is 0 Å². The average Bonchev–Trinajstić information content (AvgIpc) is 2.37. The predicted octanol–water partition coefficient (Wildman–Crippen LogP) is 1.49. The Balaban J connectivity index is 1.61. The predicted molar refractivity (Wildman–Crippen MR) is 72.6 cm³/mol. The summed E-state index contributed by atoms with van der Waals surface area (Å²) < 4.78 is 5.64. The molecular weight excluding hydrogens is 228 g/mol. The van der Waals surface area contributed by atoms with Crippen molar-refractivity contribution >= 4 is 5.69 Å². The highest BCUT2D eigenvalue weighted by Gasteiger charge is 2.15. The molecule has 0 aromatic heterocycles. The molecule has 1 aliphatic heterocycles. The summed E-state index contributed by atoms with van der Waals surface area (Å²) in [5, 5.41) is 9.41. The molecule has 0 radical (unpaired) electrons. The summed E-state index contributed by atoms with van der Waals surface area (Å²) in [6.07, 6.45) is 2.71. The Morgan fingerprint density at radius 2 is 2.11 bits per heavy atom. The summed E-state index contributed by atoms with van der Waals surface area (Å²) >= 11 is 0. The molecule has 4 heteroatoms. The van der Waals surface area contributed by atoms with Gasteiger partial charge in [-0.3, -0.25) is 0 Å². The molecular formula is C14H22N2O2. The van der Waals surface area contributed by atoms with Crippen molar-refractivity contribution in [3.8, 4) is 5.75 Å². The van der Waals surface area contributed by atoms with E-state index in [1.807, 2.05) is 24.3 Å². The van der Waals surface area contributed by atoms with Crippen LogP contribution >= 0.6 is 0 Å². The van der Waals surface area contributed by atoms with E-state index >= 15 is 0 Å². The summed E-state index contributed by atoms with van der Waals surface area (Å²) in [5.74, 6) is 0.837. The highest BCUT2D eigenvalue weighted by molar-refractivity contribution is 5.43. The third-order valence-electron chi connectivity index (χ3n) is 3.30. The highest BCUT2D eigenvalue weighted by Crippen LogP contribution is 2.15. The van der Waals surface area contributed by atoms with Crippen molar-refractivity contribution in [2.75, 3.05) is 32.0 Å². The van der Waals surface area contributed by atoms with E-state index in [2.05, 4.69) is 4.90 Å². The molecule has 0 aliphatic carbocycles. The number of benzene rings is 1. The van der Waals surface area contributed by atoms with Gasteiger partial charge in [-0.25, -0.2) is 0 Å². The molecule has 0 saturated carbocycles. The summed E-state index contributed by atoms with van der Waals surface area (Å²) in [6.45, 7) is 3.75. The van der Waals surface area contributed by atoms with Crippen LogP contribution in [-0.2, 0) is 0 Å². The van der Waals surface area contributed by atoms with Gasteiger partial charge in [-0.2, -0.15) is 0 Å². The molecule has 4 nitrogen and oxygen atoms in total. The van der Waals surface area contributed by atoms with Crippen LogP contribution in [0.3, 0.4) is 0 Å². The monoisotopic (exact) mass is 250 g/mol. The molecule has 1 aromatic rings. The van der Waals surface area contributed by atoms with Gasteiger partial charge in [0.1, 0.15) is 5.75 Å². The van der Waals surface area contributed by atoms with Gasteiger partial charge >= 0.3 is 0 Å². The third kappa shape index (κ3) is 4.20. The standard InChI is InChI=1S/C14H22N2O2/c15-12-3-1-4-14(11-12)18-10-2-7-16-8-5-13(17)6-9-16/h1,3-4,11,13,17H,2,5-10,15H2. The lowest BCUT2D eigenvalue weighted by atomic mass is 10.1. The zero-order valence-electron chi connectivity index (χ0n) is 10.7. The van der Waals surface area contributed by atoms with Crippen molar-refractivity contribution < 1.29 is 9.84 Å². The van der Waals surface area contributed by atoms with Gasteiger partial charge in [0.05, 0.1) is 12.7 Å². The van der Waals surface area contributed by atoms with Crippen LogP contribution < -0.4 is 10.5 Å². The molecule has 3 N–H and O–H groups in total. The van der Waals surface area contributed by atoms with E-state index in [0.717, 1.165) is 50.3 Å². The lowest BCUT2D eigenvalue weighted by Crippen LogP contribution is -2.36. The largest absolute Gasteiger partial charge is 0.493 e. The first-order valence-corrected chi connectivity index (χ1v) is 6.63. The third-order valence-corrected chi connectivity index (χ3v) is 3.30. The van der Waals surface area contributed by atoms with E-state index in [0.29, 0.717) is 6.61 Å². The van der Waals surface area contributed by atoms with E-state index < -0.39 is 0 Å². The van der Waals surface area contributed by atoms with Crippen molar-refractivity contribution in [1.82, 2.24) is 4.90 Å². The number of nitrogens with zero attached hydrogens (tertiary/aromatic N) is 1. The van der Waals surface area contributed by atoms with Gasteiger partial charge in [-0.15, -0.1) is 0 Å². The Morgan fingerprint density at radius 3 is 2.83 bits per heavy atom. The van der Waals surface area contributed by atoms with Crippen LogP contribution in [0.15, 0.2) is 24.3 Å². The number of aliphatic hydroxyl groups excluding tert-OH is 1. The number of hydrogen-bond donors (Lipinski definition) is 2. The first kappa shape index (κ1) is 13.2. The molecule has 100 valence electrons. The first-order valence-electron chi connectivity index (χ1n) is 6.63. The lowest BCUT2D eigenvalue weighted by molar-refractivity contribution is 0.0800. The number of rotatable bonds is 5. The smallest absolute Gasteiger partial charge is 0.121 e. The number of hydrogen-bond acceptors (Lipinski definition) is 4. The zero-order valence-corrected chi connectivity index (χ0v) is 10.7. The molecule has 0 bridgehead atoms. The molecule has 1 aliphatic rings. The molecule has 1 saturated heterocycles. The van der Waals surface area contributed by atoms with E-state index in [-0.39, 0.29) is 6.10 Å². The van der Waals surface area contributed by atoms with Crippen molar-refractivity contribution in [2.45, 2.75) is 25.4 Å².